The minimum Gasteiger partial charge on any atom is -0.465 e. The van der Waals surface area contributed by atoms with E-state index in [-0.39, 0.29) is 0 Å². The van der Waals surface area contributed by atoms with Crippen molar-refractivity contribution in [2.75, 3.05) is 13.2 Å². The van der Waals surface area contributed by atoms with Crippen LogP contribution in [0.2, 0.25) is 0 Å². The van der Waals surface area contributed by atoms with Crippen molar-refractivity contribution in [2.24, 2.45) is 23.7 Å². The predicted octanol–water partition coefficient (Wildman–Crippen LogP) is 4.52. The molecule has 0 heterocycles. The minimum absolute atomic E-state index is 0.421. The first-order valence-corrected chi connectivity index (χ1v) is 8.10. The molecule has 0 amide bonds. The van der Waals surface area contributed by atoms with Crippen molar-refractivity contribution in [3.05, 3.63) is 0 Å². The Morgan fingerprint density at radius 2 is 0.962 bits per heavy atom. The normalized spacial score (nSPS) is 17.2. The highest BCUT2D eigenvalue weighted by molar-refractivity contribution is 5.77. The van der Waals surface area contributed by atoms with E-state index in [9.17, 15) is 35.9 Å². The number of ether oxygens (including phenoxy) is 2. The van der Waals surface area contributed by atoms with Crippen LogP contribution in [0.3, 0.4) is 0 Å². The summed E-state index contributed by atoms with van der Waals surface area (Å²) in [5, 5.41) is 0. The van der Waals surface area contributed by atoms with Crippen molar-refractivity contribution in [3.8, 4) is 0 Å². The number of alkyl halides is 6. The van der Waals surface area contributed by atoms with E-state index in [4.69, 9.17) is 0 Å². The van der Waals surface area contributed by atoms with Crippen LogP contribution in [-0.4, -0.2) is 37.5 Å². The van der Waals surface area contributed by atoms with E-state index in [0.29, 0.717) is 0 Å². The Kier molecular flexibility index (Phi) is 9.44. The van der Waals surface area contributed by atoms with Crippen LogP contribution in [-0.2, 0) is 19.1 Å². The maximum Gasteiger partial charge on any atom is 0.391 e. The lowest BCUT2D eigenvalue weighted by Gasteiger charge is -2.22. The van der Waals surface area contributed by atoms with Crippen LogP contribution in [0.15, 0.2) is 0 Å². The summed E-state index contributed by atoms with van der Waals surface area (Å²) in [6, 6.07) is 0. The van der Waals surface area contributed by atoms with E-state index in [2.05, 4.69) is 9.47 Å². The summed E-state index contributed by atoms with van der Waals surface area (Å²) in [7, 11) is 0. The highest BCUT2D eigenvalue weighted by Crippen LogP contribution is 2.32. The molecule has 0 aromatic heterocycles. The van der Waals surface area contributed by atoms with Gasteiger partial charge in [-0.25, -0.2) is 0 Å². The van der Waals surface area contributed by atoms with Gasteiger partial charge in [-0.15, -0.1) is 0 Å². The van der Waals surface area contributed by atoms with Crippen LogP contribution in [0.1, 0.15) is 40.5 Å². The van der Waals surface area contributed by atoms with Crippen molar-refractivity contribution >= 4 is 11.9 Å². The highest BCUT2D eigenvalue weighted by Gasteiger charge is 2.40. The molecular weight excluding hydrogens is 370 g/mol. The maximum atomic E-state index is 12.5. The molecule has 0 radical (unpaired) electrons. The Morgan fingerprint density at radius 3 is 1.19 bits per heavy atom. The van der Waals surface area contributed by atoms with Crippen molar-refractivity contribution in [1.82, 2.24) is 0 Å². The summed E-state index contributed by atoms with van der Waals surface area (Å²) in [5.74, 6) is -6.96. The van der Waals surface area contributed by atoms with Gasteiger partial charge in [0.1, 0.15) is 0 Å². The quantitative estimate of drug-likeness (QED) is 0.426. The van der Waals surface area contributed by atoms with Gasteiger partial charge in [-0.1, -0.05) is 27.7 Å². The number of hydrogen-bond acceptors (Lipinski definition) is 4. The standard InChI is InChI=1S/C16H24F6O4/c1-9(11(3)15(17,18)19)7-25-13(23)5-6-14(24)26-8-10(2)12(4)16(20,21)22/h9-12H,5-8H2,1-4H3. The number of carbonyl (C=O) groups is 2. The van der Waals surface area contributed by atoms with Crippen molar-refractivity contribution in [3.63, 3.8) is 0 Å². The molecule has 0 bridgehead atoms. The molecule has 0 saturated carbocycles. The van der Waals surface area contributed by atoms with Gasteiger partial charge in [0, 0.05) is 11.8 Å². The Hall–Kier alpha value is -1.48. The van der Waals surface area contributed by atoms with Crippen LogP contribution in [0.5, 0.6) is 0 Å². The third-order valence-electron chi connectivity index (χ3n) is 4.29. The van der Waals surface area contributed by atoms with E-state index >= 15 is 0 Å². The zero-order chi connectivity index (χ0) is 20.7. The lowest BCUT2D eigenvalue weighted by Crippen LogP contribution is -2.30. The summed E-state index contributed by atoms with van der Waals surface area (Å²) < 4.78 is 84.3. The third-order valence-corrected chi connectivity index (χ3v) is 4.29. The Morgan fingerprint density at radius 1 is 0.692 bits per heavy atom. The van der Waals surface area contributed by atoms with Gasteiger partial charge in [0.15, 0.2) is 0 Å². The first-order valence-electron chi connectivity index (χ1n) is 8.10. The van der Waals surface area contributed by atoms with Gasteiger partial charge in [0.25, 0.3) is 0 Å². The monoisotopic (exact) mass is 394 g/mol. The van der Waals surface area contributed by atoms with Gasteiger partial charge < -0.3 is 9.47 Å². The topological polar surface area (TPSA) is 52.6 Å². The summed E-state index contributed by atoms with van der Waals surface area (Å²) in [4.78, 5) is 22.9. The third kappa shape index (κ3) is 9.28. The second-order valence-corrected chi connectivity index (χ2v) is 6.48. The number of rotatable bonds is 9. The predicted molar refractivity (Wildman–Crippen MR) is 79.9 cm³/mol. The second-order valence-electron chi connectivity index (χ2n) is 6.48. The summed E-state index contributed by atoms with van der Waals surface area (Å²) in [5.41, 5.74) is 0. The smallest absolute Gasteiger partial charge is 0.391 e. The molecule has 0 spiro atoms. The summed E-state index contributed by atoms with van der Waals surface area (Å²) >= 11 is 0. The fourth-order valence-corrected chi connectivity index (χ4v) is 1.73. The van der Waals surface area contributed by atoms with Crippen LogP contribution in [0.4, 0.5) is 26.3 Å². The zero-order valence-corrected chi connectivity index (χ0v) is 15.0. The molecule has 0 N–H and O–H groups in total. The molecule has 154 valence electrons. The van der Waals surface area contributed by atoms with Gasteiger partial charge in [0.2, 0.25) is 0 Å². The molecule has 4 nitrogen and oxygen atoms in total. The van der Waals surface area contributed by atoms with E-state index in [1.54, 1.807) is 0 Å². The molecule has 4 atom stereocenters. The average molecular weight is 394 g/mol. The van der Waals surface area contributed by atoms with Crippen LogP contribution >= 0.6 is 0 Å². The fourth-order valence-electron chi connectivity index (χ4n) is 1.73. The van der Waals surface area contributed by atoms with E-state index in [0.717, 1.165) is 13.8 Å². The molecule has 26 heavy (non-hydrogen) atoms. The van der Waals surface area contributed by atoms with Crippen molar-refractivity contribution < 1.29 is 45.4 Å². The summed E-state index contributed by atoms with van der Waals surface area (Å²) in [6.45, 7) is 3.60. The lowest BCUT2D eigenvalue weighted by atomic mass is 9.96. The highest BCUT2D eigenvalue weighted by atomic mass is 19.4. The van der Waals surface area contributed by atoms with Crippen molar-refractivity contribution in [2.45, 2.75) is 52.9 Å². The first-order chi connectivity index (χ1) is 11.7. The average Bonchev–Trinajstić information content (AvgIpc) is 2.52. The van der Waals surface area contributed by atoms with Crippen molar-refractivity contribution in [1.29, 1.82) is 0 Å². The fraction of sp³-hybridized carbons (Fsp3) is 0.875. The Bertz CT molecular complexity index is 419. The van der Waals surface area contributed by atoms with Gasteiger partial charge in [0.05, 0.1) is 37.9 Å². The van der Waals surface area contributed by atoms with Gasteiger partial charge in [-0.3, -0.25) is 9.59 Å². The van der Waals surface area contributed by atoms with Crippen LogP contribution < -0.4 is 0 Å². The number of hydrogen-bond donors (Lipinski definition) is 0. The number of carbonyl (C=O) groups excluding carboxylic acids is 2. The Balaban J connectivity index is 4.11. The number of esters is 2. The van der Waals surface area contributed by atoms with Gasteiger partial charge >= 0.3 is 24.3 Å². The molecule has 0 aliphatic rings. The van der Waals surface area contributed by atoms with Gasteiger partial charge in [-0.05, 0) is 0 Å². The second kappa shape index (κ2) is 10.0. The van der Waals surface area contributed by atoms with E-state index < -0.39 is 74.0 Å². The zero-order valence-electron chi connectivity index (χ0n) is 15.0. The van der Waals surface area contributed by atoms with E-state index in [1.807, 2.05) is 0 Å². The molecule has 0 fully saturated rings. The molecule has 0 saturated heterocycles. The molecule has 0 aromatic rings. The largest absolute Gasteiger partial charge is 0.465 e. The summed E-state index contributed by atoms with van der Waals surface area (Å²) in [6.07, 6.45) is -9.65. The Labute approximate surface area is 148 Å². The molecule has 0 aliphatic heterocycles. The molecule has 4 unspecified atom stereocenters. The minimum atomic E-state index is -4.40. The number of halogens is 6. The maximum absolute atomic E-state index is 12.5. The van der Waals surface area contributed by atoms with Crippen LogP contribution in [0, 0.1) is 23.7 Å². The molecule has 10 heteroatoms. The lowest BCUT2D eigenvalue weighted by molar-refractivity contribution is -0.189. The van der Waals surface area contributed by atoms with E-state index in [1.165, 1.54) is 13.8 Å². The van der Waals surface area contributed by atoms with Crippen LogP contribution in [0.25, 0.3) is 0 Å². The molecule has 0 rings (SSSR count). The molecule has 0 aliphatic carbocycles. The van der Waals surface area contributed by atoms with Gasteiger partial charge in [-0.2, -0.15) is 26.3 Å². The first kappa shape index (κ1) is 24.5. The molecular formula is C16H24F6O4. The molecule has 0 aromatic carbocycles. The SMILES string of the molecule is CC(COC(=O)CCC(=O)OCC(C)C(C)C(F)(F)F)C(C)C(F)(F)F.